The maximum Gasteiger partial charge on any atom is 0.244 e. The minimum Gasteiger partial charge on any atom is -0.439 e. The van der Waals surface area contributed by atoms with Crippen LogP contribution in [0.4, 0.5) is 11.4 Å². The van der Waals surface area contributed by atoms with Crippen molar-refractivity contribution in [3.8, 4) is 11.6 Å². The number of anilines is 2. The van der Waals surface area contributed by atoms with E-state index in [1.807, 2.05) is 73.3 Å². The standard InChI is InChI=1S/C25H28N4O2/c1-19-8-13-24(26-18-19)31-23-11-9-21(10-12-23)27-20(2)25(30)29-16-14-28(15-17-29)22-6-4-3-5-7-22/h3-13,18,20,27H,14-17H2,1-2H3. The summed E-state index contributed by atoms with van der Waals surface area (Å²) in [5.41, 5.74) is 3.18. The van der Waals surface area contributed by atoms with Crippen LogP contribution in [0.2, 0.25) is 0 Å². The van der Waals surface area contributed by atoms with Crippen LogP contribution in [0.15, 0.2) is 72.9 Å². The number of carbonyl (C=O) groups is 1. The molecule has 3 aromatic rings. The zero-order valence-electron chi connectivity index (χ0n) is 18.0. The lowest BCUT2D eigenvalue weighted by Crippen LogP contribution is -2.52. The van der Waals surface area contributed by atoms with Gasteiger partial charge in [0.25, 0.3) is 0 Å². The lowest BCUT2D eigenvalue weighted by atomic mass is 10.2. The van der Waals surface area contributed by atoms with E-state index in [4.69, 9.17) is 4.74 Å². The normalized spacial score (nSPS) is 14.8. The van der Waals surface area contributed by atoms with Crippen molar-refractivity contribution in [1.29, 1.82) is 0 Å². The van der Waals surface area contributed by atoms with Gasteiger partial charge in [0.2, 0.25) is 11.8 Å². The number of rotatable bonds is 6. The van der Waals surface area contributed by atoms with Crippen molar-refractivity contribution < 1.29 is 9.53 Å². The van der Waals surface area contributed by atoms with Gasteiger partial charge in [0.1, 0.15) is 11.8 Å². The van der Waals surface area contributed by atoms with E-state index in [1.165, 1.54) is 5.69 Å². The summed E-state index contributed by atoms with van der Waals surface area (Å²) in [6.07, 6.45) is 1.78. The van der Waals surface area contributed by atoms with Crippen molar-refractivity contribution in [2.24, 2.45) is 0 Å². The van der Waals surface area contributed by atoms with E-state index in [2.05, 4.69) is 27.3 Å². The third-order valence-corrected chi connectivity index (χ3v) is 5.43. The summed E-state index contributed by atoms with van der Waals surface area (Å²) in [4.78, 5) is 21.4. The van der Waals surface area contributed by atoms with Crippen LogP contribution in [0.25, 0.3) is 0 Å². The maximum absolute atomic E-state index is 12.9. The topological polar surface area (TPSA) is 57.7 Å². The second kappa shape index (κ2) is 9.51. The second-order valence-corrected chi connectivity index (χ2v) is 7.81. The highest BCUT2D eigenvalue weighted by Gasteiger charge is 2.25. The lowest BCUT2D eigenvalue weighted by molar-refractivity contribution is -0.131. The highest BCUT2D eigenvalue weighted by Crippen LogP contribution is 2.22. The van der Waals surface area contributed by atoms with Gasteiger partial charge in [-0.2, -0.15) is 0 Å². The van der Waals surface area contributed by atoms with Gasteiger partial charge in [0.05, 0.1) is 0 Å². The Morgan fingerprint density at radius 3 is 2.32 bits per heavy atom. The molecule has 1 fully saturated rings. The Balaban J connectivity index is 1.28. The fourth-order valence-corrected chi connectivity index (χ4v) is 3.66. The summed E-state index contributed by atoms with van der Waals surface area (Å²) < 4.78 is 5.76. The summed E-state index contributed by atoms with van der Waals surface area (Å²) in [7, 11) is 0. The molecule has 1 aromatic heterocycles. The Morgan fingerprint density at radius 1 is 0.968 bits per heavy atom. The molecule has 1 aliphatic heterocycles. The van der Waals surface area contributed by atoms with Crippen molar-refractivity contribution in [3.05, 3.63) is 78.5 Å². The number of nitrogens with zero attached hydrogens (tertiary/aromatic N) is 3. The Labute approximate surface area is 183 Å². The predicted molar refractivity (Wildman–Crippen MR) is 124 cm³/mol. The van der Waals surface area contributed by atoms with E-state index < -0.39 is 0 Å². The zero-order valence-corrected chi connectivity index (χ0v) is 18.0. The number of amides is 1. The van der Waals surface area contributed by atoms with Crippen molar-refractivity contribution in [2.75, 3.05) is 36.4 Å². The first kappa shape index (κ1) is 20.7. The van der Waals surface area contributed by atoms with Gasteiger partial charge in [0.15, 0.2) is 0 Å². The van der Waals surface area contributed by atoms with Gasteiger partial charge < -0.3 is 19.9 Å². The smallest absolute Gasteiger partial charge is 0.244 e. The summed E-state index contributed by atoms with van der Waals surface area (Å²) >= 11 is 0. The molecule has 6 heteroatoms. The summed E-state index contributed by atoms with van der Waals surface area (Å²) in [6, 6.07) is 21.4. The van der Waals surface area contributed by atoms with Gasteiger partial charge in [-0.25, -0.2) is 4.98 Å². The molecular weight excluding hydrogens is 388 g/mol. The molecule has 0 radical (unpaired) electrons. The number of ether oxygens (including phenoxy) is 1. The van der Waals surface area contributed by atoms with E-state index in [9.17, 15) is 4.79 Å². The zero-order chi connectivity index (χ0) is 21.6. The number of aromatic nitrogens is 1. The molecule has 31 heavy (non-hydrogen) atoms. The number of hydrogen-bond donors (Lipinski definition) is 1. The Bertz CT molecular complexity index is 982. The lowest BCUT2D eigenvalue weighted by Gasteiger charge is -2.37. The van der Waals surface area contributed by atoms with E-state index in [-0.39, 0.29) is 11.9 Å². The molecule has 2 aromatic carbocycles. The van der Waals surface area contributed by atoms with Gasteiger partial charge in [-0.15, -0.1) is 0 Å². The van der Waals surface area contributed by atoms with Crippen LogP contribution in [0, 0.1) is 6.92 Å². The van der Waals surface area contributed by atoms with Gasteiger partial charge in [-0.3, -0.25) is 4.79 Å². The summed E-state index contributed by atoms with van der Waals surface area (Å²) in [6.45, 7) is 7.06. The molecule has 0 spiro atoms. The monoisotopic (exact) mass is 416 g/mol. The molecular formula is C25H28N4O2. The van der Waals surface area contributed by atoms with Crippen molar-refractivity contribution >= 4 is 17.3 Å². The van der Waals surface area contributed by atoms with E-state index in [0.29, 0.717) is 11.6 Å². The van der Waals surface area contributed by atoms with Gasteiger partial charge in [-0.1, -0.05) is 24.3 Å². The minimum absolute atomic E-state index is 0.122. The molecule has 1 aliphatic rings. The molecule has 2 heterocycles. The number of para-hydroxylation sites is 1. The number of hydrogen-bond acceptors (Lipinski definition) is 5. The third-order valence-electron chi connectivity index (χ3n) is 5.43. The molecule has 1 N–H and O–H groups in total. The number of benzene rings is 2. The third kappa shape index (κ3) is 5.34. The van der Waals surface area contributed by atoms with Crippen LogP contribution < -0.4 is 15.0 Å². The van der Waals surface area contributed by atoms with Crippen LogP contribution in [-0.2, 0) is 4.79 Å². The van der Waals surface area contributed by atoms with Crippen molar-refractivity contribution in [1.82, 2.24) is 9.88 Å². The quantitative estimate of drug-likeness (QED) is 0.648. The van der Waals surface area contributed by atoms with Crippen LogP contribution in [0.1, 0.15) is 12.5 Å². The molecule has 0 saturated carbocycles. The van der Waals surface area contributed by atoms with Crippen LogP contribution in [0.5, 0.6) is 11.6 Å². The average Bonchev–Trinajstić information content (AvgIpc) is 2.82. The fraction of sp³-hybridized carbons (Fsp3) is 0.280. The minimum atomic E-state index is -0.297. The first-order valence-electron chi connectivity index (χ1n) is 10.6. The van der Waals surface area contributed by atoms with E-state index in [0.717, 1.165) is 37.4 Å². The Hall–Kier alpha value is -3.54. The average molecular weight is 417 g/mol. The van der Waals surface area contributed by atoms with Crippen LogP contribution in [-0.4, -0.2) is 48.0 Å². The first-order chi connectivity index (χ1) is 15.1. The van der Waals surface area contributed by atoms with Gasteiger partial charge in [-0.05, 0) is 55.8 Å². The molecule has 1 amide bonds. The highest BCUT2D eigenvalue weighted by molar-refractivity contribution is 5.84. The molecule has 1 unspecified atom stereocenters. The van der Waals surface area contributed by atoms with Gasteiger partial charge in [0, 0.05) is 49.8 Å². The SMILES string of the molecule is Cc1ccc(Oc2ccc(NC(C)C(=O)N3CCN(c4ccccc4)CC3)cc2)nc1. The predicted octanol–water partition coefficient (Wildman–Crippen LogP) is 4.33. The highest BCUT2D eigenvalue weighted by atomic mass is 16.5. The van der Waals surface area contributed by atoms with Crippen molar-refractivity contribution in [3.63, 3.8) is 0 Å². The van der Waals surface area contributed by atoms with E-state index >= 15 is 0 Å². The number of nitrogens with one attached hydrogen (secondary N) is 1. The Morgan fingerprint density at radius 2 is 1.68 bits per heavy atom. The molecule has 160 valence electrons. The second-order valence-electron chi connectivity index (χ2n) is 7.81. The summed E-state index contributed by atoms with van der Waals surface area (Å²) in [5.74, 6) is 1.39. The summed E-state index contributed by atoms with van der Waals surface area (Å²) in [5, 5.41) is 3.30. The van der Waals surface area contributed by atoms with Crippen LogP contribution in [0.3, 0.4) is 0 Å². The maximum atomic E-state index is 12.9. The fourth-order valence-electron chi connectivity index (χ4n) is 3.66. The van der Waals surface area contributed by atoms with Crippen LogP contribution >= 0.6 is 0 Å². The number of aryl methyl sites for hydroxylation is 1. The molecule has 1 atom stereocenters. The van der Waals surface area contributed by atoms with Crippen molar-refractivity contribution in [2.45, 2.75) is 19.9 Å². The van der Waals surface area contributed by atoms with E-state index in [1.54, 1.807) is 6.20 Å². The number of piperazine rings is 1. The number of pyridine rings is 1. The largest absolute Gasteiger partial charge is 0.439 e. The molecule has 1 saturated heterocycles. The molecule has 0 bridgehead atoms. The number of carbonyl (C=O) groups excluding carboxylic acids is 1. The Kier molecular flexibility index (Phi) is 6.36. The molecule has 6 nitrogen and oxygen atoms in total. The molecule has 4 rings (SSSR count). The first-order valence-corrected chi connectivity index (χ1v) is 10.6. The molecule has 0 aliphatic carbocycles. The van der Waals surface area contributed by atoms with Gasteiger partial charge >= 0.3 is 0 Å².